The van der Waals surface area contributed by atoms with E-state index in [1.54, 1.807) is 0 Å². The zero-order chi connectivity index (χ0) is 17.7. The second-order valence-electron chi connectivity index (χ2n) is 5.46. The van der Waals surface area contributed by atoms with Crippen LogP contribution in [0.2, 0.25) is 0 Å². The standard InChI is InChI=1S/C15H20N2O6S/c1-10(14(16)18)23-15(19)11-4-2-6-13(8-11)24(20,21)17-9-12-5-3-7-22-12/h2,4,6,8,10,12,17H,3,5,7,9H2,1H3,(H2,16,18)/t10-,12-/m0/s1. The summed E-state index contributed by atoms with van der Waals surface area (Å²) in [5.74, 6) is -1.61. The van der Waals surface area contributed by atoms with Gasteiger partial charge in [0, 0.05) is 13.2 Å². The van der Waals surface area contributed by atoms with Gasteiger partial charge >= 0.3 is 5.97 Å². The minimum absolute atomic E-state index is 0.0168. The number of primary amides is 1. The summed E-state index contributed by atoms with van der Waals surface area (Å²) in [5.41, 5.74) is 5.04. The summed E-state index contributed by atoms with van der Waals surface area (Å²) >= 11 is 0. The van der Waals surface area contributed by atoms with Crippen LogP contribution in [-0.4, -0.2) is 45.7 Å². The van der Waals surface area contributed by atoms with E-state index in [1.807, 2.05) is 0 Å². The van der Waals surface area contributed by atoms with Gasteiger partial charge in [0.25, 0.3) is 5.91 Å². The molecule has 0 spiro atoms. The molecule has 9 heteroatoms. The molecular formula is C15H20N2O6S. The maximum Gasteiger partial charge on any atom is 0.338 e. The van der Waals surface area contributed by atoms with Gasteiger partial charge in [-0.15, -0.1) is 0 Å². The summed E-state index contributed by atoms with van der Waals surface area (Å²) in [6.07, 6.45) is 0.478. The Morgan fingerprint density at radius 1 is 1.46 bits per heavy atom. The molecule has 1 heterocycles. The molecule has 1 aliphatic rings. The first-order chi connectivity index (χ1) is 11.3. The van der Waals surface area contributed by atoms with Gasteiger partial charge in [0.1, 0.15) is 0 Å². The minimum Gasteiger partial charge on any atom is -0.449 e. The van der Waals surface area contributed by atoms with Crippen molar-refractivity contribution in [3.05, 3.63) is 29.8 Å². The molecule has 8 nitrogen and oxygen atoms in total. The second kappa shape index (κ2) is 7.73. The lowest BCUT2D eigenvalue weighted by molar-refractivity contribution is -0.125. The summed E-state index contributed by atoms with van der Waals surface area (Å²) in [7, 11) is -3.78. The lowest BCUT2D eigenvalue weighted by Crippen LogP contribution is -2.32. The van der Waals surface area contributed by atoms with E-state index < -0.39 is 28.0 Å². The molecule has 3 N–H and O–H groups in total. The Hall–Kier alpha value is -1.97. The molecule has 0 radical (unpaired) electrons. The van der Waals surface area contributed by atoms with Crippen LogP contribution in [0.15, 0.2) is 29.2 Å². The normalized spacial score (nSPS) is 19.0. The first-order valence-corrected chi connectivity index (χ1v) is 8.99. The zero-order valence-electron chi connectivity index (χ0n) is 13.2. The van der Waals surface area contributed by atoms with Crippen LogP contribution in [0.3, 0.4) is 0 Å². The van der Waals surface area contributed by atoms with E-state index in [0.717, 1.165) is 12.8 Å². The fourth-order valence-corrected chi connectivity index (χ4v) is 3.28. The highest BCUT2D eigenvalue weighted by Crippen LogP contribution is 2.15. The van der Waals surface area contributed by atoms with Crippen molar-refractivity contribution < 1.29 is 27.5 Å². The third-order valence-corrected chi connectivity index (χ3v) is 5.01. The first-order valence-electron chi connectivity index (χ1n) is 7.51. The molecule has 2 rings (SSSR count). The Labute approximate surface area is 140 Å². The molecule has 1 fully saturated rings. The van der Waals surface area contributed by atoms with Crippen LogP contribution in [0.4, 0.5) is 0 Å². The highest BCUT2D eigenvalue weighted by Gasteiger charge is 2.22. The van der Waals surface area contributed by atoms with E-state index in [1.165, 1.54) is 31.2 Å². The minimum atomic E-state index is -3.78. The van der Waals surface area contributed by atoms with Crippen LogP contribution in [-0.2, 0) is 24.3 Å². The summed E-state index contributed by atoms with van der Waals surface area (Å²) in [6.45, 7) is 2.14. The van der Waals surface area contributed by atoms with Gasteiger partial charge in [0.15, 0.2) is 6.10 Å². The Morgan fingerprint density at radius 2 is 2.21 bits per heavy atom. The molecule has 0 saturated carbocycles. The second-order valence-corrected chi connectivity index (χ2v) is 7.23. The van der Waals surface area contributed by atoms with E-state index in [0.29, 0.717) is 6.61 Å². The molecule has 2 atom stereocenters. The number of hydrogen-bond acceptors (Lipinski definition) is 6. The van der Waals surface area contributed by atoms with Crippen molar-refractivity contribution in [1.82, 2.24) is 4.72 Å². The van der Waals surface area contributed by atoms with Gasteiger partial charge in [-0.25, -0.2) is 17.9 Å². The van der Waals surface area contributed by atoms with Crippen LogP contribution in [0, 0.1) is 0 Å². The summed E-state index contributed by atoms with van der Waals surface area (Å²) in [6, 6.07) is 5.38. The van der Waals surface area contributed by atoms with Gasteiger partial charge in [-0.05, 0) is 38.0 Å². The SMILES string of the molecule is C[C@H](OC(=O)c1cccc(S(=O)(=O)NC[C@@H]2CCCO2)c1)C(N)=O. The van der Waals surface area contributed by atoms with E-state index in [4.69, 9.17) is 15.2 Å². The maximum absolute atomic E-state index is 12.3. The van der Waals surface area contributed by atoms with Crippen molar-refractivity contribution in [1.29, 1.82) is 0 Å². The van der Waals surface area contributed by atoms with Gasteiger partial charge in [-0.3, -0.25) is 4.79 Å². The zero-order valence-corrected chi connectivity index (χ0v) is 14.0. The van der Waals surface area contributed by atoms with Gasteiger partial charge in [-0.1, -0.05) is 6.07 Å². The molecule has 1 aromatic rings. The molecule has 0 aromatic heterocycles. The van der Waals surface area contributed by atoms with Crippen LogP contribution in [0.1, 0.15) is 30.1 Å². The molecule has 0 unspecified atom stereocenters. The number of hydrogen-bond donors (Lipinski definition) is 2. The average molecular weight is 356 g/mol. The number of carbonyl (C=O) groups is 2. The first kappa shape index (κ1) is 18.4. The number of esters is 1. The lowest BCUT2D eigenvalue weighted by Gasteiger charge is -2.13. The fraction of sp³-hybridized carbons (Fsp3) is 0.467. The van der Waals surface area contributed by atoms with Gasteiger partial charge in [-0.2, -0.15) is 0 Å². The monoisotopic (exact) mass is 356 g/mol. The molecule has 1 amide bonds. The number of nitrogens with two attached hydrogens (primary N) is 1. The number of benzene rings is 1. The topological polar surface area (TPSA) is 125 Å². The van der Waals surface area contributed by atoms with Crippen molar-refractivity contribution in [2.24, 2.45) is 5.73 Å². The highest BCUT2D eigenvalue weighted by molar-refractivity contribution is 7.89. The van der Waals surface area contributed by atoms with Gasteiger partial charge in [0.2, 0.25) is 10.0 Å². The Morgan fingerprint density at radius 3 is 2.83 bits per heavy atom. The quantitative estimate of drug-likeness (QED) is 0.671. The maximum atomic E-state index is 12.3. The Balaban J connectivity index is 2.07. The number of sulfonamides is 1. The van der Waals surface area contributed by atoms with Crippen LogP contribution in [0.25, 0.3) is 0 Å². The van der Waals surface area contributed by atoms with Crippen molar-refractivity contribution in [2.45, 2.75) is 36.9 Å². The molecule has 0 bridgehead atoms. The van der Waals surface area contributed by atoms with Crippen molar-refractivity contribution in [2.75, 3.05) is 13.2 Å². The highest BCUT2D eigenvalue weighted by atomic mass is 32.2. The smallest absolute Gasteiger partial charge is 0.338 e. The predicted octanol–water partition coefficient (Wildman–Crippen LogP) is 0.175. The third kappa shape index (κ3) is 4.76. The number of rotatable bonds is 7. The van der Waals surface area contributed by atoms with Gasteiger partial charge in [0.05, 0.1) is 16.6 Å². The molecular weight excluding hydrogens is 336 g/mol. The summed E-state index contributed by atoms with van der Waals surface area (Å²) in [5, 5.41) is 0. The van der Waals surface area contributed by atoms with Crippen LogP contribution < -0.4 is 10.5 Å². The molecule has 1 aromatic carbocycles. The molecule has 1 aliphatic heterocycles. The third-order valence-electron chi connectivity index (χ3n) is 3.59. The van der Waals surface area contributed by atoms with E-state index >= 15 is 0 Å². The van der Waals surface area contributed by atoms with Crippen LogP contribution >= 0.6 is 0 Å². The molecule has 132 valence electrons. The fourth-order valence-electron chi connectivity index (χ4n) is 2.17. The lowest BCUT2D eigenvalue weighted by atomic mass is 10.2. The van der Waals surface area contributed by atoms with Crippen molar-refractivity contribution >= 4 is 21.9 Å². The number of carbonyl (C=O) groups excluding carboxylic acids is 2. The number of ether oxygens (including phenoxy) is 2. The number of nitrogens with one attached hydrogen (secondary N) is 1. The van der Waals surface area contributed by atoms with Crippen molar-refractivity contribution in [3.8, 4) is 0 Å². The Bertz CT molecular complexity index is 712. The molecule has 0 aliphatic carbocycles. The molecule has 1 saturated heterocycles. The number of amides is 1. The predicted molar refractivity (Wildman–Crippen MR) is 84.7 cm³/mol. The van der Waals surface area contributed by atoms with E-state index in [9.17, 15) is 18.0 Å². The van der Waals surface area contributed by atoms with Crippen molar-refractivity contribution in [3.63, 3.8) is 0 Å². The molecule has 24 heavy (non-hydrogen) atoms. The van der Waals surface area contributed by atoms with E-state index in [-0.39, 0.29) is 23.1 Å². The van der Waals surface area contributed by atoms with Crippen LogP contribution in [0.5, 0.6) is 0 Å². The summed E-state index contributed by atoms with van der Waals surface area (Å²) in [4.78, 5) is 22.8. The Kier molecular flexibility index (Phi) is 5.92. The largest absolute Gasteiger partial charge is 0.449 e. The van der Waals surface area contributed by atoms with Gasteiger partial charge < -0.3 is 15.2 Å². The average Bonchev–Trinajstić information content (AvgIpc) is 3.06. The summed E-state index contributed by atoms with van der Waals surface area (Å²) < 4.78 is 37.3. The van der Waals surface area contributed by atoms with E-state index in [2.05, 4.69) is 4.72 Å².